The maximum atomic E-state index is 12.7. The Morgan fingerprint density at radius 3 is 2.44 bits per heavy atom. The van der Waals surface area contributed by atoms with Crippen molar-refractivity contribution in [3.8, 4) is 11.1 Å². The zero-order valence-electron chi connectivity index (χ0n) is 15.6. The minimum absolute atomic E-state index is 0.266. The van der Waals surface area contributed by atoms with Gasteiger partial charge in [-0.05, 0) is 31.4 Å². The van der Waals surface area contributed by atoms with E-state index >= 15 is 0 Å². The number of nitrogens with zero attached hydrogens (tertiary/aromatic N) is 1. The second kappa shape index (κ2) is 8.02. The minimum Gasteiger partial charge on any atom is -0.465 e. The highest BCUT2D eigenvalue weighted by Crippen LogP contribution is 2.37. The zero-order chi connectivity index (χ0) is 19.6. The molecule has 0 radical (unpaired) electrons. The highest BCUT2D eigenvalue weighted by molar-refractivity contribution is 7.16. The Hall–Kier alpha value is -2.51. The number of hydrogen-bond donors (Lipinski definition) is 1. The number of hydrogen-bond acceptors (Lipinski definition) is 6. The van der Waals surface area contributed by atoms with Crippen molar-refractivity contribution in [1.29, 1.82) is 0 Å². The van der Waals surface area contributed by atoms with Crippen LogP contribution < -0.4 is 5.32 Å². The van der Waals surface area contributed by atoms with Crippen LogP contribution in [0.3, 0.4) is 0 Å². The van der Waals surface area contributed by atoms with E-state index in [1.807, 2.05) is 36.6 Å². The number of benzene rings is 1. The molecule has 0 atom stereocenters. The third-order valence-corrected chi connectivity index (χ3v) is 6.16. The van der Waals surface area contributed by atoms with E-state index < -0.39 is 5.97 Å². The van der Waals surface area contributed by atoms with Crippen LogP contribution in [0.2, 0.25) is 0 Å². The van der Waals surface area contributed by atoms with Gasteiger partial charge < -0.3 is 10.1 Å². The molecule has 0 fully saturated rings. The van der Waals surface area contributed by atoms with Crippen molar-refractivity contribution in [2.75, 3.05) is 12.4 Å². The predicted molar refractivity (Wildman–Crippen MR) is 110 cm³/mol. The molecule has 7 heteroatoms. The molecule has 0 spiro atoms. The largest absolute Gasteiger partial charge is 0.465 e. The molecular weight excluding hydrogens is 380 g/mol. The van der Waals surface area contributed by atoms with Crippen LogP contribution in [0.4, 0.5) is 5.00 Å². The van der Waals surface area contributed by atoms with Crippen molar-refractivity contribution in [3.63, 3.8) is 0 Å². The number of ether oxygens (including phenoxy) is 1. The molecule has 3 aromatic rings. The Bertz CT molecular complexity index is 987. The van der Waals surface area contributed by atoms with Gasteiger partial charge in [0.15, 0.2) is 0 Å². The standard InChI is InChI=1S/C20H20N2O3S2/c1-5-13-6-8-14(9-7-13)15-10-26-19(16(15)20(24)25-4)22-18(23)17-11(2)21-12(3)27-17/h6-10H,5H2,1-4H3,(H,22,23). The summed E-state index contributed by atoms with van der Waals surface area (Å²) < 4.78 is 4.96. The van der Waals surface area contributed by atoms with Gasteiger partial charge in [-0.15, -0.1) is 22.7 Å². The topological polar surface area (TPSA) is 68.3 Å². The van der Waals surface area contributed by atoms with Crippen LogP contribution in [0.15, 0.2) is 29.6 Å². The molecule has 0 unspecified atom stereocenters. The molecule has 140 valence electrons. The van der Waals surface area contributed by atoms with E-state index in [-0.39, 0.29) is 5.91 Å². The van der Waals surface area contributed by atoms with E-state index in [9.17, 15) is 9.59 Å². The summed E-state index contributed by atoms with van der Waals surface area (Å²) in [6.45, 7) is 5.75. The lowest BCUT2D eigenvalue weighted by Gasteiger charge is -2.08. The van der Waals surface area contributed by atoms with Crippen molar-refractivity contribution in [3.05, 3.63) is 56.4 Å². The average Bonchev–Trinajstić information content (AvgIpc) is 3.23. The van der Waals surface area contributed by atoms with Crippen LogP contribution >= 0.6 is 22.7 Å². The molecule has 3 rings (SSSR count). The van der Waals surface area contributed by atoms with Gasteiger partial charge in [-0.1, -0.05) is 31.2 Å². The summed E-state index contributed by atoms with van der Waals surface area (Å²) in [5.74, 6) is -0.740. The van der Waals surface area contributed by atoms with Gasteiger partial charge in [-0.2, -0.15) is 0 Å². The summed E-state index contributed by atoms with van der Waals surface area (Å²) in [4.78, 5) is 29.9. The highest BCUT2D eigenvalue weighted by Gasteiger charge is 2.24. The summed E-state index contributed by atoms with van der Waals surface area (Å²) in [5.41, 5.74) is 3.94. The Balaban J connectivity index is 1.98. The number of nitrogens with one attached hydrogen (secondary N) is 1. The maximum absolute atomic E-state index is 12.7. The van der Waals surface area contributed by atoms with Crippen LogP contribution in [0.5, 0.6) is 0 Å². The molecular formula is C20H20N2O3S2. The number of carbonyl (C=O) groups excluding carboxylic acids is 2. The number of amides is 1. The summed E-state index contributed by atoms with van der Waals surface area (Å²) >= 11 is 2.65. The maximum Gasteiger partial charge on any atom is 0.341 e. The fourth-order valence-corrected chi connectivity index (χ4v) is 4.56. The molecule has 1 amide bonds. The number of anilines is 1. The van der Waals surface area contributed by atoms with Gasteiger partial charge in [0.2, 0.25) is 0 Å². The third kappa shape index (κ3) is 3.94. The number of thiophene rings is 1. The second-order valence-corrected chi connectivity index (χ2v) is 8.08. The number of methoxy groups -OCH3 is 1. The number of aryl methyl sites for hydroxylation is 3. The monoisotopic (exact) mass is 400 g/mol. The van der Waals surface area contributed by atoms with Crippen molar-refractivity contribution in [1.82, 2.24) is 4.98 Å². The fourth-order valence-electron chi connectivity index (χ4n) is 2.79. The van der Waals surface area contributed by atoms with Crippen LogP contribution in [0.1, 0.15) is 43.2 Å². The summed E-state index contributed by atoms with van der Waals surface area (Å²) in [6.07, 6.45) is 0.947. The van der Waals surface area contributed by atoms with Gasteiger partial charge >= 0.3 is 5.97 Å². The average molecular weight is 401 g/mol. The molecule has 0 aliphatic carbocycles. The molecule has 0 bridgehead atoms. The normalized spacial score (nSPS) is 10.7. The van der Waals surface area contributed by atoms with Crippen LogP contribution in [-0.4, -0.2) is 24.0 Å². The van der Waals surface area contributed by atoms with Crippen molar-refractivity contribution < 1.29 is 14.3 Å². The van der Waals surface area contributed by atoms with E-state index in [1.54, 1.807) is 6.92 Å². The second-order valence-electron chi connectivity index (χ2n) is 6.00. The Morgan fingerprint density at radius 2 is 1.89 bits per heavy atom. The minimum atomic E-state index is -0.474. The van der Waals surface area contributed by atoms with Crippen LogP contribution in [0.25, 0.3) is 11.1 Å². The van der Waals surface area contributed by atoms with Gasteiger partial charge in [-0.3, -0.25) is 4.79 Å². The summed E-state index contributed by atoms with van der Waals surface area (Å²) in [5, 5.41) is 6.03. The van der Waals surface area contributed by atoms with Gasteiger partial charge in [0.1, 0.15) is 15.4 Å². The fraction of sp³-hybridized carbons (Fsp3) is 0.250. The Morgan fingerprint density at radius 1 is 1.19 bits per heavy atom. The lowest BCUT2D eigenvalue weighted by Crippen LogP contribution is -2.14. The van der Waals surface area contributed by atoms with Crippen molar-refractivity contribution >= 4 is 39.6 Å². The summed E-state index contributed by atoms with van der Waals surface area (Å²) in [7, 11) is 1.34. The van der Waals surface area contributed by atoms with E-state index in [2.05, 4.69) is 17.2 Å². The third-order valence-electron chi connectivity index (χ3n) is 4.19. The van der Waals surface area contributed by atoms with E-state index in [0.29, 0.717) is 21.1 Å². The molecule has 1 N–H and O–H groups in total. The van der Waals surface area contributed by atoms with Crippen LogP contribution in [-0.2, 0) is 11.2 Å². The Kier molecular flexibility index (Phi) is 5.72. The van der Waals surface area contributed by atoms with Crippen LogP contribution in [0, 0.1) is 13.8 Å². The van der Waals surface area contributed by atoms with Crippen molar-refractivity contribution in [2.24, 2.45) is 0 Å². The first-order valence-electron chi connectivity index (χ1n) is 8.49. The lowest BCUT2D eigenvalue weighted by atomic mass is 10.0. The van der Waals surface area contributed by atoms with Gasteiger partial charge in [0.05, 0.1) is 17.8 Å². The van der Waals surface area contributed by atoms with E-state index in [0.717, 1.165) is 22.6 Å². The first-order valence-corrected chi connectivity index (χ1v) is 10.2. The quantitative estimate of drug-likeness (QED) is 0.606. The molecule has 5 nitrogen and oxygen atoms in total. The highest BCUT2D eigenvalue weighted by atomic mass is 32.1. The molecule has 2 aromatic heterocycles. The molecule has 1 aromatic carbocycles. The number of thiazole rings is 1. The first kappa shape index (κ1) is 19.3. The Labute approximate surface area is 166 Å². The van der Waals surface area contributed by atoms with Gasteiger partial charge in [0.25, 0.3) is 5.91 Å². The number of carbonyl (C=O) groups is 2. The first-order chi connectivity index (χ1) is 12.9. The zero-order valence-corrected chi connectivity index (χ0v) is 17.2. The summed E-state index contributed by atoms with van der Waals surface area (Å²) in [6, 6.07) is 8.04. The van der Waals surface area contributed by atoms with Crippen molar-refractivity contribution in [2.45, 2.75) is 27.2 Å². The molecule has 2 heterocycles. The predicted octanol–water partition coefficient (Wildman–Crippen LogP) is 5.09. The molecule has 27 heavy (non-hydrogen) atoms. The van der Waals surface area contributed by atoms with Gasteiger partial charge in [0, 0.05) is 10.9 Å². The lowest BCUT2D eigenvalue weighted by molar-refractivity contribution is 0.0603. The van der Waals surface area contributed by atoms with E-state index in [1.165, 1.54) is 35.3 Å². The van der Waals surface area contributed by atoms with Gasteiger partial charge in [-0.25, -0.2) is 9.78 Å². The number of rotatable bonds is 5. The van der Waals surface area contributed by atoms with E-state index in [4.69, 9.17) is 4.74 Å². The number of esters is 1. The molecule has 0 saturated carbocycles. The number of aromatic nitrogens is 1. The molecule has 0 saturated heterocycles. The SMILES string of the molecule is CCc1ccc(-c2csc(NC(=O)c3sc(C)nc3C)c2C(=O)OC)cc1. The molecule has 0 aliphatic heterocycles. The smallest absolute Gasteiger partial charge is 0.341 e. The molecule has 0 aliphatic rings.